The van der Waals surface area contributed by atoms with Crippen LogP contribution in [0.2, 0.25) is 0 Å². The number of nitrogens with zero attached hydrogens (tertiary/aromatic N) is 3. The fourth-order valence-corrected chi connectivity index (χ4v) is 1.92. The maximum atomic E-state index is 5.38. The molecule has 0 atom stereocenters. The second-order valence-electron chi connectivity index (χ2n) is 4.45. The first kappa shape index (κ1) is 13.5. The van der Waals surface area contributed by atoms with Gasteiger partial charge in [0.2, 0.25) is 0 Å². The first-order valence-electron chi connectivity index (χ1n) is 6.16. The summed E-state index contributed by atoms with van der Waals surface area (Å²) >= 11 is 5.38. The number of hydrogen-bond donors (Lipinski definition) is 1. The van der Waals surface area contributed by atoms with Crippen LogP contribution in [0.15, 0.2) is 42.6 Å². The molecule has 0 unspecified atom stereocenters. The van der Waals surface area contributed by atoms with Gasteiger partial charge in [-0.1, -0.05) is 30.3 Å². The lowest BCUT2D eigenvalue weighted by atomic mass is 10.2. The summed E-state index contributed by atoms with van der Waals surface area (Å²) in [5, 5.41) is 8.15. The van der Waals surface area contributed by atoms with Crippen LogP contribution in [-0.2, 0) is 20.1 Å². The van der Waals surface area contributed by atoms with E-state index in [1.54, 1.807) is 6.20 Å². The summed E-state index contributed by atoms with van der Waals surface area (Å²) in [7, 11) is 3.91. The molecule has 0 fully saturated rings. The van der Waals surface area contributed by atoms with Crippen LogP contribution < -0.4 is 5.32 Å². The van der Waals surface area contributed by atoms with E-state index >= 15 is 0 Å². The van der Waals surface area contributed by atoms with Crippen LogP contribution in [0.25, 0.3) is 0 Å². The first-order chi connectivity index (χ1) is 9.16. The van der Waals surface area contributed by atoms with Crippen molar-refractivity contribution in [2.75, 3.05) is 7.05 Å². The van der Waals surface area contributed by atoms with Gasteiger partial charge in [-0.25, -0.2) is 0 Å². The lowest BCUT2D eigenvalue weighted by Gasteiger charge is -2.21. The Kier molecular flexibility index (Phi) is 4.52. The molecule has 1 N–H and O–H groups in total. The van der Waals surface area contributed by atoms with Crippen LogP contribution >= 0.6 is 12.2 Å². The predicted molar refractivity (Wildman–Crippen MR) is 80.6 cm³/mol. The van der Waals surface area contributed by atoms with Crippen molar-refractivity contribution in [1.29, 1.82) is 0 Å². The standard InChI is InChI=1S/C14H18N4S/c1-17(11-13-8-9-16-18(13)2)14(19)15-10-12-6-4-3-5-7-12/h3-9H,10-11H2,1-2H3,(H,15,19). The Balaban J connectivity index is 1.84. The minimum atomic E-state index is 0.741. The van der Waals surface area contributed by atoms with Crippen LogP contribution in [-0.4, -0.2) is 26.8 Å². The van der Waals surface area contributed by atoms with Crippen LogP contribution in [0, 0.1) is 0 Å². The van der Waals surface area contributed by atoms with Crippen molar-refractivity contribution < 1.29 is 0 Å². The van der Waals surface area contributed by atoms with E-state index in [2.05, 4.69) is 22.5 Å². The highest BCUT2D eigenvalue weighted by Gasteiger charge is 2.07. The number of aromatic nitrogens is 2. The van der Waals surface area contributed by atoms with Gasteiger partial charge in [-0.15, -0.1) is 0 Å². The number of nitrogens with one attached hydrogen (secondary N) is 1. The first-order valence-corrected chi connectivity index (χ1v) is 6.57. The molecule has 0 saturated carbocycles. The van der Waals surface area contributed by atoms with E-state index in [1.165, 1.54) is 5.56 Å². The van der Waals surface area contributed by atoms with Gasteiger partial charge in [-0.2, -0.15) is 5.10 Å². The molecule has 0 aliphatic rings. The van der Waals surface area contributed by atoms with Crippen molar-refractivity contribution in [2.45, 2.75) is 13.1 Å². The zero-order valence-corrected chi connectivity index (χ0v) is 12.0. The molecule has 0 radical (unpaired) electrons. The highest BCUT2D eigenvalue weighted by atomic mass is 32.1. The van der Waals surface area contributed by atoms with Gasteiger partial charge >= 0.3 is 0 Å². The normalized spacial score (nSPS) is 10.2. The predicted octanol–water partition coefficient (Wildman–Crippen LogP) is 1.93. The Morgan fingerprint density at radius 1 is 1.32 bits per heavy atom. The summed E-state index contributed by atoms with van der Waals surface area (Å²) < 4.78 is 1.86. The zero-order chi connectivity index (χ0) is 13.7. The molecule has 2 rings (SSSR count). The molecular weight excluding hydrogens is 256 g/mol. The van der Waals surface area contributed by atoms with Gasteiger partial charge in [0.1, 0.15) is 0 Å². The number of rotatable bonds is 4. The van der Waals surface area contributed by atoms with Crippen LogP contribution in [0.3, 0.4) is 0 Å². The number of hydrogen-bond acceptors (Lipinski definition) is 2. The highest BCUT2D eigenvalue weighted by molar-refractivity contribution is 7.80. The lowest BCUT2D eigenvalue weighted by Crippen LogP contribution is -2.36. The van der Waals surface area contributed by atoms with E-state index in [0.29, 0.717) is 0 Å². The van der Waals surface area contributed by atoms with E-state index in [9.17, 15) is 0 Å². The fraction of sp³-hybridized carbons (Fsp3) is 0.286. The van der Waals surface area contributed by atoms with E-state index in [1.807, 2.05) is 47.9 Å². The number of benzene rings is 1. The van der Waals surface area contributed by atoms with Crippen molar-refractivity contribution in [3.8, 4) is 0 Å². The Bertz CT molecular complexity index is 535. The third-order valence-electron chi connectivity index (χ3n) is 2.95. The van der Waals surface area contributed by atoms with Crippen molar-refractivity contribution in [2.24, 2.45) is 7.05 Å². The van der Waals surface area contributed by atoms with E-state index in [-0.39, 0.29) is 0 Å². The summed E-state index contributed by atoms with van der Waals surface area (Å²) in [5.74, 6) is 0. The maximum absolute atomic E-state index is 5.38. The van der Waals surface area contributed by atoms with Gasteiger partial charge in [0.25, 0.3) is 0 Å². The molecule has 0 spiro atoms. The van der Waals surface area contributed by atoms with Crippen LogP contribution in [0.4, 0.5) is 0 Å². The van der Waals surface area contributed by atoms with Crippen LogP contribution in [0.5, 0.6) is 0 Å². The second kappa shape index (κ2) is 6.33. The largest absolute Gasteiger partial charge is 0.358 e. The summed E-state index contributed by atoms with van der Waals surface area (Å²) in [6.07, 6.45) is 1.80. The Labute approximate surface area is 119 Å². The minimum absolute atomic E-state index is 0.741. The molecule has 4 nitrogen and oxygen atoms in total. The lowest BCUT2D eigenvalue weighted by molar-refractivity contribution is 0.466. The van der Waals surface area contributed by atoms with E-state index < -0.39 is 0 Å². The SMILES string of the molecule is CN(Cc1ccnn1C)C(=S)NCc1ccccc1. The molecule has 0 aliphatic heterocycles. The molecule has 1 aromatic carbocycles. The van der Waals surface area contributed by atoms with Crippen molar-refractivity contribution in [3.05, 3.63) is 53.9 Å². The average Bonchev–Trinajstić information content (AvgIpc) is 2.82. The summed E-state index contributed by atoms with van der Waals surface area (Å²) in [5.41, 5.74) is 2.35. The summed E-state index contributed by atoms with van der Waals surface area (Å²) in [6, 6.07) is 12.2. The van der Waals surface area contributed by atoms with Crippen molar-refractivity contribution >= 4 is 17.3 Å². The van der Waals surface area contributed by atoms with Gasteiger partial charge in [-0.3, -0.25) is 4.68 Å². The van der Waals surface area contributed by atoms with Gasteiger partial charge in [-0.05, 0) is 23.8 Å². The number of aryl methyl sites for hydroxylation is 1. The molecule has 0 saturated heterocycles. The zero-order valence-electron chi connectivity index (χ0n) is 11.2. The van der Waals surface area contributed by atoms with Crippen molar-refractivity contribution in [3.63, 3.8) is 0 Å². The van der Waals surface area contributed by atoms with Gasteiger partial charge in [0, 0.05) is 26.8 Å². The monoisotopic (exact) mass is 274 g/mol. The number of thiocarbonyl (C=S) groups is 1. The second-order valence-corrected chi connectivity index (χ2v) is 4.83. The Hall–Kier alpha value is -1.88. The van der Waals surface area contributed by atoms with Crippen LogP contribution in [0.1, 0.15) is 11.3 Å². The molecule has 1 heterocycles. The summed E-state index contributed by atoms with van der Waals surface area (Å²) in [4.78, 5) is 2.01. The maximum Gasteiger partial charge on any atom is 0.169 e. The smallest absolute Gasteiger partial charge is 0.169 e. The Morgan fingerprint density at radius 2 is 2.05 bits per heavy atom. The molecule has 2 aromatic rings. The Morgan fingerprint density at radius 3 is 2.68 bits per heavy atom. The molecule has 5 heteroatoms. The van der Waals surface area contributed by atoms with Gasteiger partial charge in [0.15, 0.2) is 5.11 Å². The average molecular weight is 274 g/mol. The van der Waals surface area contributed by atoms with Gasteiger partial charge in [0.05, 0.1) is 12.2 Å². The quantitative estimate of drug-likeness (QED) is 0.864. The topological polar surface area (TPSA) is 33.1 Å². The minimum Gasteiger partial charge on any atom is -0.358 e. The summed E-state index contributed by atoms with van der Waals surface area (Å²) in [6.45, 7) is 1.49. The van der Waals surface area contributed by atoms with E-state index in [0.717, 1.165) is 23.9 Å². The molecule has 19 heavy (non-hydrogen) atoms. The molecule has 100 valence electrons. The highest BCUT2D eigenvalue weighted by Crippen LogP contribution is 2.02. The van der Waals surface area contributed by atoms with E-state index in [4.69, 9.17) is 12.2 Å². The van der Waals surface area contributed by atoms with Gasteiger partial charge < -0.3 is 10.2 Å². The molecule has 0 bridgehead atoms. The molecule has 0 aliphatic carbocycles. The third-order valence-corrected chi connectivity index (χ3v) is 3.41. The third kappa shape index (κ3) is 3.79. The molecular formula is C14H18N4S. The van der Waals surface area contributed by atoms with Crippen molar-refractivity contribution in [1.82, 2.24) is 20.0 Å². The fourth-order valence-electron chi connectivity index (χ4n) is 1.78. The molecule has 0 amide bonds. The molecule has 1 aromatic heterocycles.